The van der Waals surface area contributed by atoms with Crippen LogP contribution < -0.4 is 15.8 Å². The molecule has 0 radical (unpaired) electrons. The van der Waals surface area contributed by atoms with Crippen LogP contribution in [0.15, 0.2) is 28.3 Å². The van der Waals surface area contributed by atoms with E-state index >= 15 is 0 Å². The van der Waals surface area contributed by atoms with Crippen LogP contribution in [0.2, 0.25) is 0 Å². The van der Waals surface area contributed by atoms with E-state index in [4.69, 9.17) is 10.0 Å². The van der Waals surface area contributed by atoms with E-state index in [1.807, 2.05) is 4.72 Å². The van der Waals surface area contributed by atoms with Crippen LogP contribution in [-0.2, 0) is 10.0 Å². The van der Waals surface area contributed by atoms with Crippen molar-refractivity contribution in [3.05, 3.63) is 24.0 Å². The van der Waals surface area contributed by atoms with Gasteiger partial charge in [-0.05, 0) is 12.1 Å². The highest BCUT2D eigenvalue weighted by Gasteiger charge is 2.20. The van der Waals surface area contributed by atoms with Crippen molar-refractivity contribution in [3.8, 4) is 0 Å². The number of sulfonamides is 1. The van der Waals surface area contributed by atoms with Gasteiger partial charge < -0.3 is 10.0 Å². The van der Waals surface area contributed by atoms with Crippen LogP contribution in [0.5, 0.6) is 0 Å². The normalized spacial score (nSPS) is 14.9. The first-order chi connectivity index (χ1) is 9.40. The fraction of sp³-hybridized carbons (Fsp3) is 0.250. The molecule has 0 bridgehead atoms. The van der Waals surface area contributed by atoms with Crippen molar-refractivity contribution in [2.45, 2.75) is 4.90 Å². The number of hydrazine groups is 2. The summed E-state index contributed by atoms with van der Waals surface area (Å²) in [4.78, 5) is 3.93. The lowest BCUT2D eigenvalue weighted by Crippen LogP contribution is -2.38. The van der Waals surface area contributed by atoms with Crippen molar-refractivity contribution in [2.24, 2.45) is 5.10 Å². The van der Waals surface area contributed by atoms with Crippen LogP contribution in [0.1, 0.15) is 5.69 Å². The standard InChI is InChI=1S/C8H13BN6O4S/c1-15-8(12-13-14-15)7-3-2-6(4-10-7)20(18,19)11-5-9(16)17/h2-4,11,13-14,16-17H,5H2,1H3. The lowest BCUT2D eigenvalue weighted by atomic mass is 9.94. The zero-order valence-electron chi connectivity index (χ0n) is 10.5. The summed E-state index contributed by atoms with van der Waals surface area (Å²) >= 11 is 0. The van der Waals surface area contributed by atoms with Crippen molar-refractivity contribution >= 4 is 23.0 Å². The Bertz CT molecular complexity index is 604. The summed E-state index contributed by atoms with van der Waals surface area (Å²) in [6, 6.07) is 2.84. The van der Waals surface area contributed by atoms with Gasteiger partial charge in [-0.15, -0.1) is 10.6 Å². The number of hydrogen-bond acceptors (Lipinski definition) is 9. The summed E-state index contributed by atoms with van der Waals surface area (Å²) in [5, 5.41) is 22.8. The van der Waals surface area contributed by atoms with Crippen molar-refractivity contribution < 1.29 is 18.5 Å². The van der Waals surface area contributed by atoms with Gasteiger partial charge in [0, 0.05) is 19.7 Å². The first-order valence-electron chi connectivity index (χ1n) is 5.54. The van der Waals surface area contributed by atoms with Crippen LogP contribution >= 0.6 is 0 Å². The molecule has 12 heteroatoms. The van der Waals surface area contributed by atoms with E-state index in [1.54, 1.807) is 12.1 Å². The lowest BCUT2D eigenvalue weighted by molar-refractivity contribution is 0.348. The Balaban J connectivity index is 2.16. The molecule has 1 aliphatic heterocycles. The van der Waals surface area contributed by atoms with Gasteiger partial charge in [-0.3, -0.25) is 9.99 Å². The maximum atomic E-state index is 11.8. The summed E-state index contributed by atoms with van der Waals surface area (Å²) in [6.07, 6.45) is 0.670. The molecule has 5 N–H and O–H groups in total. The summed E-state index contributed by atoms with van der Waals surface area (Å²) in [5.41, 5.74) is 5.71. The van der Waals surface area contributed by atoms with Gasteiger partial charge in [-0.1, -0.05) is 0 Å². The Morgan fingerprint density at radius 1 is 1.45 bits per heavy atom. The van der Waals surface area contributed by atoms with Crippen molar-refractivity contribution in [1.82, 2.24) is 25.8 Å². The van der Waals surface area contributed by atoms with E-state index < -0.39 is 23.6 Å². The number of rotatable bonds is 5. The predicted octanol–water partition coefficient (Wildman–Crippen LogP) is -3.01. The fourth-order valence-electron chi connectivity index (χ4n) is 1.45. The second kappa shape index (κ2) is 5.72. The minimum absolute atomic E-state index is 0.0796. The van der Waals surface area contributed by atoms with Gasteiger partial charge in [0.15, 0.2) is 5.84 Å². The molecule has 0 saturated heterocycles. The Hall–Kier alpha value is -1.73. The molecule has 10 nitrogen and oxygen atoms in total. The minimum atomic E-state index is -3.83. The number of pyridine rings is 1. The molecular formula is C8H13BN6O4S. The maximum Gasteiger partial charge on any atom is 0.467 e. The number of hydrazone groups is 1. The second-order valence-electron chi connectivity index (χ2n) is 3.93. The molecule has 1 aromatic rings. The minimum Gasteiger partial charge on any atom is -0.426 e. The Morgan fingerprint density at radius 2 is 2.20 bits per heavy atom. The number of nitrogens with zero attached hydrogens (tertiary/aromatic N) is 3. The molecule has 0 atom stereocenters. The number of hydrogen-bond donors (Lipinski definition) is 5. The van der Waals surface area contributed by atoms with Crippen LogP contribution in [0, 0.1) is 0 Å². The van der Waals surface area contributed by atoms with Crippen LogP contribution in [0.25, 0.3) is 0 Å². The van der Waals surface area contributed by atoms with E-state index in [0.717, 1.165) is 6.20 Å². The molecule has 0 unspecified atom stereocenters. The third-order valence-corrected chi connectivity index (χ3v) is 3.84. The van der Waals surface area contributed by atoms with Crippen molar-refractivity contribution in [3.63, 3.8) is 0 Å². The van der Waals surface area contributed by atoms with Gasteiger partial charge in [0.25, 0.3) is 0 Å². The van der Waals surface area contributed by atoms with E-state index in [0.29, 0.717) is 11.5 Å². The summed E-state index contributed by atoms with van der Waals surface area (Å²) in [5.74, 6) is 0.507. The summed E-state index contributed by atoms with van der Waals surface area (Å²) in [7, 11) is -3.86. The van der Waals surface area contributed by atoms with Gasteiger partial charge in [0.05, 0.1) is 0 Å². The zero-order valence-corrected chi connectivity index (χ0v) is 11.3. The maximum absolute atomic E-state index is 11.8. The van der Waals surface area contributed by atoms with Gasteiger partial charge in [0.1, 0.15) is 10.6 Å². The first kappa shape index (κ1) is 14.7. The molecule has 108 valence electrons. The lowest BCUT2D eigenvalue weighted by Gasteiger charge is -2.11. The molecule has 2 rings (SSSR count). The average Bonchev–Trinajstić information content (AvgIpc) is 2.83. The molecule has 2 heterocycles. The van der Waals surface area contributed by atoms with Gasteiger partial charge in [0.2, 0.25) is 10.0 Å². The van der Waals surface area contributed by atoms with E-state index in [1.165, 1.54) is 12.1 Å². The highest BCUT2D eigenvalue weighted by Crippen LogP contribution is 2.09. The summed E-state index contributed by atoms with van der Waals surface area (Å²) in [6.45, 7) is 0. The van der Waals surface area contributed by atoms with E-state index in [2.05, 4.69) is 21.2 Å². The highest BCUT2D eigenvalue weighted by molar-refractivity contribution is 7.89. The Kier molecular flexibility index (Phi) is 4.20. The SMILES string of the molecule is CN1NNN=C1c1ccc(S(=O)(=O)NCB(O)O)cn1. The van der Waals surface area contributed by atoms with Crippen LogP contribution in [-0.4, -0.2) is 54.9 Å². The van der Waals surface area contributed by atoms with Crippen LogP contribution in [0.4, 0.5) is 0 Å². The summed E-state index contributed by atoms with van der Waals surface area (Å²) < 4.78 is 25.6. The van der Waals surface area contributed by atoms with Crippen molar-refractivity contribution in [2.75, 3.05) is 13.5 Å². The Morgan fingerprint density at radius 3 is 2.70 bits per heavy atom. The average molecular weight is 300 g/mol. The zero-order chi connectivity index (χ0) is 14.8. The monoisotopic (exact) mass is 300 g/mol. The molecule has 0 amide bonds. The van der Waals surface area contributed by atoms with E-state index in [-0.39, 0.29) is 4.90 Å². The first-order valence-corrected chi connectivity index (χ1v) is 7.03. The van der Waals surface area contributed by atoms with Crippen molar-refractivity contribution in [1.29, 1.82) is 0 Å². The molecule has 0 aliphatic carbocycles. The third kappa shape index (κ3) is 3.23. The fourth-order valence-corrected chi connectivity index (χ4v) is 2.42. The van der Waals surface area contributed by atoms with Gasteiger partial charge in [-0.25, -0.2) is 18.7 Å². The second-order valence-corrected chi connectivity index (χ2v) is 5.70. The molecule has 1 aliphatic rings. The molecule has 0 spiro atoms. The van der Waals surface area contributed by atoms with Gasteiger partial charge in [-0.2, -0.15) is 0 Å². The largest absolute Gasteiger partial charge is 0.467 e. The molecule has 20 heavy (non-hydrogen) atoms. The molecule has 0 fully saturated rings. The molecule has 1 aromatic heterocycles. The predicted molar refractivity (Wildman–Crippen MR) is 70.2 cm³/mol. The smallest absolute Gasteiger partial charge is 0.426 e. The molecule has 0 saturated carbocycles. The molecule has 0 aromatic carbocycles. The number of nitrogens with one attached hydrogen (secondary N) is 3. The Labute approximate surface area is 115 Å². The number of amidine groups is 1. The highest BCUT2D eigenvalue weighted by atomic mass is 32.2. The topological polar surface area (TPSA) is 139 Å². The van der Waals surface area contributed by atoms with Crippen LogP contribution in [0.3, 0.4) is 0 Å². The van der Waals surface area contributed by atoms with Gasteiger partial charge >= 0.3 is 7.12 Å². The third-order valence-electron chi connectivity index (χ3n) is 2.43. The molecular weight excluding hydrogens is 287 g/mol. The number of aromatic nitrogens is 1. The quantitative estimate of drug-likeness (QED) is 0.362. The van der Waals surface area contributed by atoms with E-state index in [9.17, 15) is 8.42 Å².